The van der Waals surface area contributed by atoms with Crippen molar-refractivity contribution >= 4 is 11.6 Å². The van der Waals surface area contributed by atoms with Crippen LogP contribution in [0.25, 0.3) is 10.4 Å². The second-order valence-electron chi connectivity index (χ2n) is 3.41. The van der Waals surface area contributed by atoms with Crippen LogP contribution in [0.3, 0.4) is 0 Å². The molecule has 8 heteroatoms. The molecule has 1 aromatic rings. The fourth-order valence-corrected chi connectivity index (χ4v) is 1.32. The predicted molar refractivity (Wildman–Crippen MR) is 63.8 cm³/mol. The van der Waals surface area contributed by atoms with E-state index in [4.69, 9.17) is 5.53 Å². The Morgan fingerprint density at radius 2 is 2.33 bits per heavy atom. The number of hydrogen-bond donors (Lipinski definition) is 1. The molecule has 0 heterocycles. The molecule has 0 saturated carbocycles. The van der Waals surface area contributed by atoms with E-state index < -0.39 is 4.92 Å². The Balaban J connectivity index is 2.51. The van der Waals surface area contributed by atoms with Gasteiger partial charge in [0.05, 0.1) is 11.3 Å². The molecule has 94 valence electrons. The zero-order valence-electron chi connectivity index (χ0n) is 9.44. The number of azide groups is 1. The Hall–Kier alpha value is -2.60. The number of carbonyl (C=O) groups is 1. The van der Waals surface area contributed by atoms with Crippen LogP contribution in [0.2, 0.25) is 0 Å². The Kier molecular flexibility index (Phi) is 5.14. The largest absolute Gasteiger partial charge is 0.356 e. The summed E-state index contributed by atoms with van der Waals surface area (Å²) in [6.07, 6.45) is 0.0535. The summed E-state index contributed by atoms with van der Waals surface area (Å²) in [5.41, 5.74) is 8.54. The molecule has 0 aliphatic heterocycles. The standard InChI is InChI=1S/C10H11N5O3/c11-14-13-5-4-12-10(16)7-8-2-1-3-9(6-8)15(17)18/h1-3,6H,4-5,7H2,(H,12,16). The van der Waals surface area contributed by atoms with Crippen LogP contribution in [-0.2, 0) is 11.2 Å². The van der Waals surface area contributed by atoms with Crippen molar-refractivity contribution < 1.29 is 9.72 Å². The summed E-state index contributed by atoms with van der Waals surface area (Å²) >= 11 is 0. The number of nitro benzene ring substituents is 1. The van der Waals surface area contributed by atoms with Gasteiger partial charge in [-0.1, -0.05) is 17.2 Å². The van der Waals surface area contributed by atoms with Gasteiger partial charge in [0.1, 0.15) is 0 Å². The number of nitrogens with zero attached hydrogens (tertiary/aromatic N) is 4. The van der Waals surface area contributed by atoms with E-state index in [0.29, 0.717) is 5.56 Å². The van der Waals surface area contributed by atoms with Gasteiger partial charge in [0.25, 0.3) is 5.69 Å². The smallest absolute Gasteiger partial charge is 0.269 e. The normalized spacial score (nSPS) is 9.33. The van der Waals surface area contributed by atoms with E-state index in [1.807, 2.05) is 0 Å². The van der Waals surface area contributed by atoms with Crippen LogP contribution in [0.5, 0.6) is 0 Å². The van der Waals surface area contributed by atoms with Crippen LogP contribution < -0.4 is 5.32 Å². The molecule has 1 amide bonds. The first kappa shape index (κ1) is 13.5. The lowest BCUT2D eigenvalue weighted by molar-refractivity contribution is -0.384. The molecule has 0 fully saturated rings. The zero-order chi connectivity index (χ0) is 13.4. The molecule has 1 rings (SSSR count). The van der Waals surface area contributed by atoms with Crippen LogP contribution in [0.1, 0.15) is 5.56 Å². The number of hydrogen-bond acceptors (Lipinski definition) is 4. The lowest BCUT2D eigenvalue weighted by Gasteiger charge is -2.03. The van der Waals surface area contributed by atoms with Gasteiger partial charge in [0.2, 0.25) is 5.91 Å². The number of carbonyl (C=O) groups excluding carboxylic acids is 1. The third-order valence-corrected chi connectivity index (χ3v) is 2.08. The number of nitro groups is 1. The van der Waals surface area contributed by atoms with E-state index >= 15 is 0 Å². The van der Waals surface area contributed by atoms with E-state index in [9.17, 15) is 14.9 Å². The first-order valence-electron chi connectivity index (χ1n) is 5.14. The van der Waals surface area contributed by atoms with Crippen LogP contribution >= 0.6 is 0 Å². The highest BCUT2D eigenvalue weighted by atomic mass is 16.6. The summed E-state index contributed by atoms with van der Waals surface area (Å²) in [7, 11) is 0. The van der Waals surface area contributed by atoms with Gasteiger partial charge in [-0.3, -0.25) is 14.9 Å². The Morgan fingerprint density at radius 3 is 3.00 bits per heavy atom. The summed E-state index contributed by atoms with van der Waals surface area (Å²) in [5, 5.41) is 16.3. The van der Waals surface area contributed by atoms with Crippen molar-refractivity contribution in [1.82, 2.24) is 5.32 Å². The maximum absolute atomic E-state index is 11.4. The second-order valence-corrected chi connectivity index (χ2v) is 3.41. The molecule has 0 bridgehead atoms. The minimum absolute atomic E-state index is 0.0469. The van der Waals surface area contributed by atoms with Crippen molar-refractivity contribution in [2.24, 2.45) is 5.11 Å². The molecule has 0 unspecified atom stereocenters. The van der Waals surface area contributed by atoms with Gasteiger partial charge < -0.3 is 5.32 Å². The number of rotatable bonds is 6. The maximum Gasteiger partial charge on any atom is 0.269 e. The van der Waals surface area contributed by atoms with Crippen molar-refractivity contribution in [3.05, 3.63) is 50.4 Å². The third kappa shape index (κ3) is 4.50. The van der Waals surface area contributed by atoms with Gasteiger partial charge in [0, 0.05) is 30.1 Å². The molecular formula is C10H11N5O3. The second kappa shape index (κ2) is 6.87. The summed E-state index contributed by atoms with van der Waals surface area (Å²) in [6.45, 7) is 0.426. The average Bonchev–Trinajstić information content (AvgIpc) is 2.35. The van der Waals surface area contributed by atoms with Crippen molar-refractivity contribution in [3.63, 3.8) is 0 Å². The Morgan fingerprint density at radius 1 is 1.56 bits per heavy atom. The molecule has 0 aliphatic carbocycles. The number of amides is 1. The molecule has 0 aliphatic rings. The van der Waals surface area contributed by atoms with Crippen LogP contribution in [0, 0.1) is 10.1 Å². The van der Waals surface area contributed by atoms with E-state index in [2.05, 4.69) is 15.3 Å². The van der Waals surface area contributed by atoms with Gasteiger partial charge in [-0.15, -0.1) is 0 Å². The maximum atomic E-state index is 11.4. The monoisotopic (exact) mass is 249 g/mol. The van der Waals surface area contributed by atoms with E-state index in [1.54, 1.807) is 6.07 Å². The SMILES string of the molecule is [N-]=[N+]=NCCNC(=O)Cc1cccc([N+](=O)[O-])c1. The topological polar surface area (TPSA) is 121 Å². The molecular weight excluding hydrogens is 238 g/mol. The van der Waals surface area contributed by atoms with Crippen molar-refractivity contribution in [1.29, 1.82) is 0 Å². The minimum atomic E-state index is -0.511. The van der Waals surface area contributed by atoms with E-state index in [-0.39, 0.29) is 31.1 Å². The Labute approximate surface area is 102 Å². The summed E-state index contributed by atoms with van der Waals surface area (Å²) in [4.78, 5) is 24.0. The number of benzene rings is 1. The van der Waals surface area contributed by atoms with E-state index in [0.717, 1.165) is 0 Å². The van der Waals surface area contributed by atoms with Crippen LogP contribution in [0.4, 0.5) is 5.69 Å². The molecule has 1 aromatic carbocycles. The van der Waals surface area contributed by atoms with Crippen molar-refractivity contribution in [2.75, 3.05) is 13.1 Å². The average molecular weight is 249 g/mol. The fraction of sp³-hybridized carbons (Fsp3) is 0.300. The van der Waals surface area contributed by atoms with Crippen LogP contribution in [0.15, 0.2) is 29.4 Å². The molecule has 0 spiro atoms. The molecule has 0 radical (unpaired) electrons. The quantitative estimate of drug-likeness (QED) is 0.205. The van der Waals surface area contributed by atoms with Gasteiger partial charge in [0.15, 0.2) is 0 Å². The minimum Gasteiger partial charge on any atom is -0.356 e. The highest BCUT2D eigenvalue weighted by Gasteiger charge is 2.08. The Bertz CT molecular complexity index is 496. The summed E-state index contributed by atoms with van der Waals surface area (Å²) in [6, 6.07) is 5.89. The van der Waals surface area contributed by atoms with E-state index in [1.165, 1.54) is 18.2 Å². The fourth-order valence-electron chi connectivity index (χ4n) is 1.32. The van der Waals surface area contributed by atoms with Crippen LogP contribution in [-0.4, -0.2) is 23.9 Å². The highest BCUT2D eigenvalue weighted by molar-refractivity contribution is 5.78. The first-order valence-corrected chi connectivity index (χ1v) is 5.14. The zero-order valence-corrected chi connectivity index (χ0v) is 9.44. The molecule has 8 nitrogen and oxygen atoms in total. The number of nitrogens with one attached hydrogen (secondary N) is 1. The highest BCUT2D eigenvalue weighted by Crippen LogP contribution is 2.13. The molecule has 0 saturated heterocycles. The summed E-state index contributed by atoms with van der Waals surface area (Å²) in [5.74, 6) is -0.274. The lowest BCUT2D eigenvalue weighted by Crippen LogP contribution is -2.27. The van der Waals surface area contributed by atoms with Gasteiger partial charge in [-0.25, -0.2) is 0 Å². The van der Waals surface area contributed by atoms with Gasteiger partial charge in [-0.2, -0.15) is 0 Å². The first-order chi connectivity index (χ1) is 8.63. The molecule has 0 atom stereocenters. The number of non-ortho nitro benzene ring substituents is 1. The molecule has 18 heavy (non-hydrogen) atoms. The third-order valence-electron chi connectivity index (χ3n) is 2.08. The van der Waals surface area contributed by atoms with Gasteiger partial charge in [-0.05, 0) is 11.1 Å². The van der Waals surface area contributed by atoms with Gasteiger partial charge >= 0.3 is 0 Å². The van der Waals surface area contributed by atoms with Crippen molar-refractivity contribution in [3.8, 4) is 0 Å². The summed E-state index contributed by atoms with van der Waals surface area (Å²) < 4.78 is 0. The molecule has 1 N–H and O–H groups in total. The van der Waals surface area contributed by atoms with Crippen molar-refractivity contribution in [2.45, 2.75) is 6.42 Å². The lowest BCUT2D eigenvalue weighted by atomic mass is 10.1. The predicted octanol–water partition coefficient (Wildman–Crippen LogP) is 1.56. The molecule has 0 aromatic heterocycles.